The van der Waals surface area contributed by atoms with Gasteiger partial charge in [0.15, 0.2) is 0 Å². The summed E-state index contributed by atoms with van der Waals surface area (Å²) in [6, 6.07) is 16.7. The number of hydrogen-bond donors (Lipinski definition) is 0. The van der Waals surface area contributed by atoms with E-state index in [9.17, 15) is 0 Å². The van der Waals surface area contributed by atoms with Crippen molar-refractivity contribution in [1.82, 2.24) is 0 Å². The first-order valence-corrected chi connectivity index (χ1v) is 6.21. The maximum Gasteiger partial charge on any atom is 0.0406 e. The Hall–Kier alpha value is -1.27. The van der Waals surface area contributed by atoms with Gasteiger partial charge in [-0.05, 0) is 34.2 Å². The van der Waals surface area contributed by atoms with Crippen molar-refractivity contribution in [2.75, 3.05) is 0 Å². The summed E-state index contributed by atoms with van der Waals surface area (Å²) in [7, 11) is 0. The average Bonchev–Trinajstić information content (AvgIpc) is 2.29. The van der Waals surface area contributed by atoms with Crippen LogP contribution in [-0.2, 0) is 5.41 Å². The minimum absolute atomic E-state index is 0.183. The van der Waals surface area contributed by atoms with Crippen LogP contribution in [-0.4, -0.2) is 0 Å². The van der Waals surface area contributed by atoms with Crippen molar-refractivity contribution < 1.29 is 0 Å². The van der Waals surface area contributed by atoms with Crippen LogP contribution in [0.15, 0.2) is 48.5 Å². The lowest BCUT2D eigenvalue weighted by molar-refractivity contribution is 0.590. The third-order valence-electron chi connectivity index (χ3n) is 2.91. The van der Waals surface area contributed by atoms with Gasteiger partial charge in [-0.2, -0.15) is 0 Å². The second-order valence-corrected chi connectivity index (χ2v) is 5.77. The van der Waals surface area contributed by atoms with E-state index < -0.39 is 0 Å². The molecule has 0 nitrogen and oxygen atoms in total. The minimum atomic E-state index is 0.183. The van der Waals surface area contributed by atoms with Gasteiger partial charge < -0.3 is 0 Å². The van der Waals surface area contributed by atoms with E-state index in [2.05, 4.69) is 57.2 Å². The number of benzene rings is 2. The summed E-state index contributed by atoms with van der Waals surface area (Å²) in [5.74, 6) is 0. The smallest absolute Gasteiger partial charge is 0.0406 e. The van der Waals surface area contributed by atoms with Crippen molar-refractivity contribution in [2.24, 2.45) is 0 Å². The molecule has 0 unspecified atom stereocenters. The highest BCUT2D eigenvalue weighted by atomic mass is 35.5. The fourth-order valence-corrected chi connectivity index (χ4v) is 1.93. The van der Waals surface area contributed by atoms with Crippen LogP contribution in [0.4, 0.5) is 0 Å². The average molecular weight is 245 g/mol. The third-order valence-corrected chi connectivity index (χ3v) is 3.16. The maximum absolute atomic E-state index is 5.90. The van der Waals surface area contributed by atoms with Gasteiger partial charge in [-0.25, -0.2) is 0 Å². The molecule has 0 spiro atoms. The zero-order valence-corrected chi connectivity index (χ0v) is 11.3. The fraction of sp³-hybridized carbons (Fsp3) is 0.250. The first-order chi connectivity index (χ1) is 7.97. The molecule has 0 amide bonds. The van der Waals surface area contributed by atoms with E-state index in [0.717, 1.165) is 5.02 Å². The van der Waals surface area contributed by atoms with Crippen molar-refractivity contribution in [2.45, 2.75) is 26.2 Å². The van der Waals surface area contributed by atoms with Crippen molar-refractivity contribution in [3.05, 3.63) is 59.1 Å². The molecule has 0 aliphatic carbocycles. The topological polar surface area (TPSA) is 0 Å². The highest BCUT2D eigenvalue weighted by Crippen LogP contribution is 2.28. The molecule has 0 radical (unpaired) electrons. The SMILES string of the molecule is CC(C)(C)c1cccc(-c2ccc(Cl)cc2)c1. The van der Waals surface area contributed by atoms with Gasteiger partial charge in [-0.3, -0.25) is 0 Å². The molecule has 0 heterocycles. The molecule has 0 aliphatic rings. The fourth-order valence-electron chi connectivity index (χ4n) is 1.81. The summed E-state index contributed by atoms with van der Waals surface area (Å²) >= 11 is 5.90. The third kappa shape index (κ3) is 2.89. The van der Waals surface area contributed by atoms with E-state index in [-0.39, 0.29) is 5.41 Å². The molecule has 2 aromatic carbocycles. The second kappa shape index (κ2) is 4.54. The van der Waals surface area contributed by atoms with Crippen LogP contribution in [0.25, 0.3) is 11.1 Å². The Morgan fingerprint density at radius 3 is 2.06 bits per heavy atom. The quantitative estimate of drug-likeness (QED) is 0.638. The molecule has 17 heavy (non-hydrogen) atoms. The van der Waals surface area contributed by atoms with Crippen molar-refractivity contribution in [1.29, 1.82) is 0 Å². The van der Waals surface area contributed by atoms with Crippen molar-refractivity contribution in [3.63, 3.8) is 0 Å². The molecule has 2 rings (SSSR count). The lowest BCUT2D eigenvalue weighted by atomic mass is 9.85. The molecule has 1 heteroatoms. The molecule has 0 N–H and O–H groups in total. The largest absolute Gasteiger partial charge is 0.0843 e. The van der Waals surface area contributed by atoms with Crippen LogP contribution in [0.5, 0.6) is 0 Å². The predicted octanol–water partition coefficient (Wildman–Crippen LogP) is 5.30. The Balaban J connectivity index is 2.43. The zero-order chi connectivity index (χ0) is 12.5. The van der Waals surface area contributed by atoms with E-state index >= 15 is 0 Å². The summed E-state index contributed by atoms with van der Waals surface area (Å²) in [4.78, 5) is 0. The van der Waals surface area contributed by atoms with E-state index in [1.807, 2.05) is 12.1 Å². The predicted molar refractivity (Wildman–Crippen MR) is 75.6 cm³/mol. The zero-order valence-electron chi connectivity index (χ0n) is 10.5. The number of halogens is 1. The summed E-state index contributed by atoms with van der Waals surface area (Å²) in [6.45, 7) is 6.69. The Kier molecular flexibility index (Phi) is 3.26. The van der Waals surface area contributed by atoms with Crippen LogP contribution >= 0.6 is 11.6 Å². The van der Waals surface area contributed by atoms with Gasteiger partial charge in [0.25, 0.3) is 0 Å². The van der Waals surface area contributed by atoms with E-state index in [0.29, 0.717) is 0 Å². The Bertz CT molecular complexity index is 504. The van der Waals surface area contributed by atoms with E-state index in [1.165, 1.54) is 16.7 Å². The lowest BCUT2D eigenvalue weighted by Crippen LogP contribution is -2.10. The van der Waals surface area contributed by atoms with Crippen LogP contribution < -0.4 is 0 Å². The van der Waals surface area contributed by atoms with E-state index in [1.54, 1.807) is 0 Å². The summed E-state index contributed by atoms with van der Waals surface area (Å²) < 4.78 is 0. The highest BCUT2D eigenvalue weighted by Gasteiger charge is 2.13. The van der Waals surface area contributed by atoms with Gasteiger partial charge in [0, 0.05) is 5.02 Å². The van der Waals surface area contributed by atoms with Gasteiger partial charge in [0.05, 0.1) is 0 Å². The molecule has 0 fully saturated rings. The maximum atomic E-state index is 5.90. The first-order valence-electron chi connectivity index (χ1n) is 5.83. The minimum Gasteiger partial charge on any atom is -0.0843 e. The molecule has 2 aromatic rings. The molecule has 0 aliphatic heterocycles. The standard InChI is InChI=1S/C16H17Cl/c1-16(2,3)14-6-4-5-13(11-14)12-7-9-15(17)10-8-12/h4-11H,1-3H3. The summed E-state index contributed by atoms with van der Waals surface area (Å²) in [6.07, 6.45) is 0. The Morgan fingerprint density at radius 2 is 1.47 bits per heavy atom. The Morgan fingerprint density at radius 1 is 0.824 bits per heavy atom. The van der Waals surface area contributed by atoms with Crippen molar-refractivity contribution >= 4 is 11.6 Å². The summed E-state index contributed by atoms with van der Waals surface area (Å²) in [5, 5.41) is 0.778. The molecule has 0 aromatic heterocycles. The molecular weight excluding hydrogens is 228 g/mol. The van der Waals surface area contributed by atoms with Gasteiger partial charge in [-0.15, -0.1) is 0 Å². The number of rotatable bonds is 1. The molecule has 0 saturated carbocycles. The van der Waals surface area contributed by atoms with Gasteiger partial charge in [0.2, 0.25) is 0 Å². The monoisotopic (exact) mass is 244 g/mol. The van der Waals surface area contributed by atoms with Crippen molar-refractivity contribution in [3.8, 4) is 11.1 Å². The van der Waals surface area contributed by atoms with Crippen LogP contribution in [0, 0.1) is 0 Å². The van der Waals surface area contributed by atoms with Crippen LogP contribution in [0.1, 0.15) is 26.3 Å². The van der Waals surface area contributed by atoms with Crippen LogP contribution in [0.3, 0.4) is 0 Å². The summed E-state index contributed by atoms with van der Waals surface area (Å²) in [5.41, 5.74) is 3.99. The molecule has 88 valence electrons. The Labute approximate surface area is 108 Å². The molecule has 0 atom stereocenters. The normalized spacial score (nSPS) is 11.5. The second-order valence-electron chi connectivity index (χ2n) is 5.34. The van der Waals surface area contributed by atoms with Crippen LogP contribution in [0.2, 0.25) is 5.02 Å². The molecular formula is C16H17Cl. The van der Waals surface area contributed by atoms with Gasteiger partial charge in [0.1, 0.15) is 0 Å². The highest BCUT2D eigenvalue weighted by molar-refractivity contribution is 6.30. The first kappa shape index (κ1) is 12.2. The molecule has 0 bridgehead atoms. The van der Waals surface area contributed by atoms with Gasteiger partial charge in [-0.1, -0.05) is 68.8 Å². The van der Waals surface area contributed by atoms with E-state index in [4.69, 9.17) is 11.6 Å². The number of hydrogen-bond acceptors (Lipinski definition) is 0. The van der Waals surface area contributed by atoms with Gasteiger partial charge >= 0.3 is 0 Å². The lowest BCUT2D eigenvalue weighted by Gasteiger charge is -2.19. The molecule has 0 saturated heterocycles.